The highest BCUT2D eigenvalue weighted by molar-refractivity contribution is 8.22. The zero-order valence-corrected chi connectivity index (χ0v) is 12.0. The van der Waals surface area contributed by atoms with E-state index in [9.17, 15) is 4.21 Å². The first-order chi connectivity index (χ1) is 7.99. The standard InChI is InChI=1S/C13H17NOS2/c1-13(2)12(17(3)15)16-11(14-13)9-10-7-5-4-6-8-10/h4-8,12H,9H2,1-3H3. The Morgan fingerprint density at radius 3 is 2.53 bits per heavy atom. The molecule has 0 saturated heterocycles. The van der Waals surface area contributed by atoms with Gasteiger partial charge in [0.05, 0.1) is 10.6 Å². The zero-order chi connectivity index (χ0) is 12.5. The molecule has 1 aliphatic heterocycles. The van der Waals surface area contributed by atoms with Crippen LogP contribution in [0, 0.1) is 0 Å². The first-order valence-electron chi connectivity index (χ1n) is 5.60. The Balaban J connectivity index is 2.13. The van der Waals surface area contributed by atoms with Crippen LogP contribution in [0.25, 0.3) is 0 Å². The SMILES string of the molecule is CS(=O)C1SC(Cc2ccccc2)=NC1(C)C. The normalized spacial score (nSPS) is 24.4. The van der Waals surface area contributed by atoms with Crippen LogP contribution in [0.4, 0.5) is 0 Å². The van der Waals surface area contributed by atoms with Crippen molar-refractivity contribution in [2.45, 2.75) is 30.4 Å². The summed E-state index contributed by atoms with van der Waals surface area (Å²) in [6.45, 7) is 4.12. The van der Waals surface area contributed by atoms with Gasteiger partial charge in [-0.1, -0.05) is 42.1 Å². The molecule has 2 rings (SSSR count). The molecule has 2 atom stereocenters. The molecule has 1 aromatic carbocycles. The van der Waals surface area contributed by atoms with Gasteiger partial charge in [-0.25, -0.2) is 0 Å². The van der Waals surface area contributed by atoms with E-state index < -0.39 is 10.8 Å². The largest absolute Gasteiger partial charge is 0.274 e. The van der Waals surface area contributed by atoms with Crippen molar-refractivity contribution >= 4 is 27.6 Å². The third-order valence-corrected chi connectivity index (χ3v) is 6.31. The van der Waals surface area contributed by atoms with Gasteiger partial charge in [0.2, 0.25) is 0 Å². The first-order valence-corrected chi connectivity index (χ1v) is 8.11. The van der Waals surface area contributed by atoms with Crippen LogP contribution in [0.2, 0.25) is 0 Å². The maximum atomic E-state index is 11.7. The summed E-state index contributed by atoms with van der Waals surface area (Å²) >= 11 is 1.67. The van der Waals surface area contributed by atoms with Gasteiger partial charge < -0.3 is 0 Å². The molecule has 2 unspecified atom stereocenters. The predicted octanol–water partition coefficient (Wildman–Crippen LogP) is 2.86. The van der Waals surface area contributed by atoms with Crippen LogP contribution in [-0.2, 0) is 17.2 Å². The highest BCUT2D eigenvalue weighted by atomic mass is 32.2. The Bertz CT molecular complexity index is 454. The van der Waals surface area contributed by atoms with Gasteiger partial charge in [0.25, 0.3) is 0 Å². The Labute approximate surface area is 109 Å². The van der Waals surface area contributed by atoms with Crippen molar-refractivity contribution in [1.29, 1.82) is 0 Å². The van der Waals surface area contributed by atoms with Crippen molar-refractivity contribution in [2.75, 3.05) is 6.26 Å². The van der Waals surface area contributed by atoms with Crippen LogP contribution in [-0.4, -0.2) is 25.6 Å². The first kappa shape index (κ1) is 12.8. The molecule has 0 spiro atoms. The molecule has 1 aromatic rings. The maximum Gasteiger partial charge on any atom is 0.110 e. The molecule has 0 aliphatic carbocycles. The summed E-state index contributed by atoms with van der Waals surface area (Å²) in [6.07, 6.45) is 2.61. The zero-order valence-electron chi connectivity index (χ0n) is 10.3. The molecule has 0 amide bonds. The van der Waals surface area contributed by atoms with Gasteiger partial charge in [0.1, 0.15) is 4.58 Å². The fraction of sp³-hybridized carbons (Fsp3) is 0.462. The molecule has 17 heavy (non-hydrogen) atoms. The van der Waals surface area contributed by atoms with Crippen molar-refractivity contribution in [1.82, 2.24) is 0 Å². The summed E-state index contributed by atoms with van der Waals surface area (Å²) in [5, 5.41) is 1.10. The molecule has 92 valence electrons. The number of benzene rings is 1. The van der Waals surface area contributed by atoms with E-state index in [-0.39, 0.29) is 10.1 Å². The van der Waals surface area contributed by atoms with Crippen molar-refractivity contribution in [2.24, 2.45) is 4.99 Å². The summed E-state index contributed by atoms with van der Waals surface area (Å²) < 4.78 is 11.8. The van der Waals surface area contributed by atoms with Gasteiger partial charge in [0, 0.05) is 23.5 Å². The van der Waals surface area contributed by atoms with Gasteiger partial charge in [-0.15, -0.1) is 0 Å². The van der Waals surface area contributed by atoms with E-state index >= 15 is 0 Å². The Morgan fingerprint density at radius 1 is 1.35 bits per heavy atom. The second-order valence-corrected chi connectivity index (χ2v) is 7.72. The second kappa shape index (κ2) is 4.94. The molecule has 0 aromatic heterocycles. The summed E-state index contributed by atoms with van der Waals surface area (Å²) in [4.78, 5) is 4.70. The van der Waals surface area contributed by atoms with Crippen LogP contribution in [0.15, 0.2) is 35.3 Å². The molecule has 0 N–H and O–H groups in total. The molecule has 4 heteroatoms. The minimum absolute atomic E-state index is 0.0845. The average molecular weight is 267 g/mol. The van der Waals surface area contributed by atoms with Crippen LogP contribution < -0.4 is 0 Å². The maximum absolute atomic E-state index is 11.7. The third-order valence-electron chi connectivity index (χ3n) is 2.73. The summed E-state index contributed by atoms with van der Waals surface area (Å²) in [7, 11) is -0.841. The molecule has 2 nitrogen and oxygen atoms in total. The van der Waals surface area contributed by atoms with Crippen LogP contribution in [0.5, 0.6) is 0 Å². The number of nitrogens with zero attached hydrogens (tertiary/aromatic N) is 1. The molecule has 0 fully saturated rings. The van der Waals surface area contributed by atoms with Gasteiger partial charge in [-0.2, -0.15) is 0 Å². The lowest BCUT2D eigenvalue weighted by Crippen LogP contribution is -2.31. The van der Waals surface area contributed by atoms with Gasteiger partial charge in [0.15, 0.2) is 0 Å². The van der Waals surface area contributed by atoms with E-state index in [1.165, 1.54) is 5.56 Å². The van der Waals surface area contributed by atoms with Crippen LogP contribution in [0.3, 0.4) is 0 Å². The van der Waals surface area contributed by atoms with Crippen molar-refractivity contribution in [3.8, 4) is 0 Å². The topological polar surface area (TPSA) is 29.4 Å². The van der Waals surface area contributed by atoms with E-state index in [1.54, 1.807) is 18.0 Å². The van der Waals surface area contributed by atoms with E-state index in [2.05, 4.69) is 26.0 Å². The van der Waals surface area contributed by atoms with E-state index in [0.717, 1.165) is 11.5 Å². The average Bonchev–Trinajstić information content (AvgIpc) is 2.55. The highest BCUT2D eigenvalue weighted by Gasteiger charge is 2.39. The lowest BCUT2D eigenvalue weighted by atomic mass is 10.1. The van der Waals surface area contributed by atoms with E-state index in [1.807, 2.05) is 18.2 Å². The number of rotatable bonds is 3. The molecule has 0 radical (unpaired) electrons. The van der Waals surface area contributed by atoms with Gasteiger partial charge in [-0.3, -0.25) is 9.20 Å². The molecular formula is C13H17NOS2. The summed E-state index contributed by atoms with van der Waals surface area (Å²) in [6, 6.07) is 10.3. The smallest absolute Gasteiger partial charge is 0.110 e. The van der Waals surface area contributed by atoms with Gasteiger partial charge >= 0.3 is 0 Å². The quantitative estimate of drug-likeness (QED) is 0.843. The Hall–Kier alpha value is -0.610. The van der Waals surface area contributed by atoms with Crippen molar-refractivity contribution in [3.05, 3.63) is 35.9 Å². The molecular weight excluding hydrogens is 250 g/mol. The lowest BCUT2D eigenvalue weighted by Gasteiger charge is -2.20. The molecule has 1 heterocycles. The van der Waals surface area contributed by atoms with Crippen LogP contribution >= 0.6 is 11.8 Å². The molecule has 1 aliphatic rings. The van der Waals surface area contributed by atoms with Crippen LogP contribution in [0.1, 0.15) is 19.4 Å². The fourth-order valence-electron chi connectivity index (χ4n) is 1.99. The minimum Gasteiger partial charge on any atom is -0.274 e. The molecule has 0 bridgehead atoms. The fourth-order valence-corrected chi connectivity index (χ4v) is 4.86. The lowest BCUT2D eigenvalue weighted by molar-refractivity contribution is 0.570. The number of thioether (sulfide) groups is 1. The second-order valence-electron chi connectivity index (χ2n) is 4.77. The number of hydrogen-bond donors (Lipinski definition) is 0. The summed E-state index contributed by atoms with van der Waals surface area (Å²) in [5.74, 6) is 0. The Morgan fingerprint density at radius 2 is 2.00 bits per heavy atom. The van der Waals surface area contributed by atoms with Crippen molar-refractivity contribution < 1.29 is 4.21 Å². The highest BCUT2D eigenvalue weighted by Crippen LogP contribution is 2.37. The monoisotopic (exact) mass is 267 g/mol. The minimum atomic E-state index is -0.841. The van der Waals surface area contributed by atoms with Crippen molar-refractivity contribution in [3.63, 3.8) is 0 Å². The Kier molecular flexibility index (Phi) is 3.73. The number of aliphatic imine (C=N–C) groups is 1. The predicted molar refractivity (Wildman–Crippen MR) is 77.1 cm³/mol. The third kappa shape index (κ3) is 2.99. The van der Waals surface area contributed by atoms with E-state index in [4.69, 9.17) is 4.99 Å². The van der Waals surface area contributed by atoms with Gasteiger partial charge in [-0.05, 0) is 19.4 Å². The summed E-state index contributed by atoms with van der Waals surface area (Å²) in [5.41, 5.74) is 1.05. The number of hydrogen-bond acceptors (Lipinski definition) is 3. The molecule has 0 saturated carbocycles. The van der Waals surface area contributed by atoms with E-state index in [0.29, 0.717) is 0 Å².